The van der Waals surface area contributed by atoms with E-state index in [0.29, 0.717) is 0 Å². The largest absolute Gasteiger partial charge is 0.458 e. The Morgan fingerprint density at radius 1 is 0.458 bits per heavy atom. The van der Waals surface area contributed by atoms with Crippen LogP contribution in [0.3, 0.4) is 0 Å². The van der Waals surface area contributed by atoms with Gasteiger partial charge in [-0.3, -0.25) is 13.7 Å². The van der Waals surface area contributed by atoms with E-state index in [1.165, 1.54) is 49.7 Å². The third kappa shape index (κ3) is 8.95. The summed E-state index contributed by atoms with van der Waals surface area (Å²) < 4.78 is 13.8. The number of pyridine rings is 1. The van der Waals surface area contributed by atoms with Gasteiger partial charge >= 0.3 is 0 Å². The normalized spacial score (nSPS) is 12.7. The molecule has 0 spiro atoms. The van der Waals surface area contributed by atoms with Crippen LogP contribution in [0.5, 0.6) is 11.5 Å². The van der Waals surface area contributed by atoms with Crippen molar-refractivity contribution in [3.8, 4) is 28.7 Å². The summed E-state index contributed by atoms with van der Waals surface area (Å²) in [6.45, 7) is 27.5. The van der Waals surface area contributed by atoms with Crippen LogP contribution in [0.15, 0.2) is 195 Å². The summed E-state index contributed by atoms with van der Waals surface area (Å²) >= 11 is 0. The fraction of sp³-hybridized carbons (Fsp3) is 0.254. The molecule has 0 aliphatic carbocycles. The molecule has 0 N–H and O–H groups in total. The van der Waals surface area contributed by atoms with Crippen molar-refractivity contribution in [2.75, 3.05) is 0 Å². The third-order valence-corrected chi connectivity index (χ3v) is 15.2. The lowest BCUT2D eigenvalue weighted by atomic mass is 9.73. The summed E-state index contributed by atoms with van der Waals surface area (Å²) in [4.78, 5) is 5.01. The molecule has 72 heavy (non-hydrogen) atoms. The zero-order valence-corrected chi connectivity index (χ0v) is 44.2. The highest BCUT2D eigenvalue weighted by Crippen LogP contribution is 2.44. The smallest absolute Gasteiger partial charge is 0.268 e. The molecule has 0 radical (unpaired) electrons. The Labute approximate surface area is 427 Å². The number of imidazole rings is 1. The minimum Gasteiger partial charge on any atom is -0.458 e. The van der Waals surface area contributed by atoms with E-state index in [1.54, 1.807) is 0 Å². The second-order valence-corrected chi connectivity index (χ2v) is 23.3. The van der Waals surface area contributed by atoms with Crippen LogP contribution >= 0.6 is 0 Å². The molecular formula is C67H68N4O. The predicted octanol–water partition coefficient (Wildman–Crippen LogP) is 16.4. The average molecular weight is 945 g/mol. The van der Waals surface area contributed by atoms with Crippen LogP contribution < -0.4 is 9.30 Å². The van der Waals surface area contributed by atoms with Crippen LogP contribution in [-0.4, -0.2) is 14.1 Å². The maximum Gasteiger partial charge on any atom is 0.268 e. The third-order valence-electron chi connectivity index (χ3n) is 15.2. The Kier molecular flexibility index (Phi) is 12.0. The highest BCUT2D eigenvalue weighted by atomic mass is 16.5. The van der Waals surface area contributed by atoms with Gasteiger partial charge in [0.05, 0.1) is 22.4 Å². The van der Waals surface area contributed by atoms with E-state index in [2.05, 4.69) is 291 Å². The Bertz CT molecular complexity index is 3510. The molecule has 362 valence electrons. The number of aromatic nitrogens is 4. The Morgan fingerprint density at radius 3 is 1.54 bits per heavy atom. The molecular weight excluding hydrogens is 877 g/mol. The molecule has 5 nitrogen and oxygen atoms in total. The highest BCUT2D eigenvalue weighted by Gasteiger charge is 2.31. The number of hydrogen-bond acceptors (Lipinski definition) is 2. The van der Waals surface area contributed by atoms with Crippen LogP contribution in [-0.2, 0) is 27.1 Å². The van der Waals surface area contributed by atoms with Crippen molar-refractivity contribution in [3.63, 3.8) is 0 Å². The molecule has 0 saturated carbocycles. The number of hydrogen-bond donors (Lipinski definition) is 0. The van der Waals surface area contributed by atoms with Gasteiger partial charge in [-0.25, -0.2) is 4.98 Å². The number of ether oxygens (including phenoxy) is 1. The number of nitrogens with zero attached hydrogens (tertiary/aromatic N) is 4. The highest BCUT2D eigenvalue weighted by molar-refractivity contribution is 6.11. The summed E-state index contributed by atoms with van der Waals surface area (Å²) in [6.07, 6.45) is 9.94. The molecule has 10 aromatic rings. The molecule has 7 aromatic carbocycles. The summed E-state index contributed by atoms with van der Waals surface area (Å²) in [5.41, 5.74) is 12.9. The van der Waals surface area contributed by atoms with Gasteiger partial charge < -0.3 is 4.74 Å². The number of benzene rings is 7. The molecule has 3 heterocycles. The molecule has 0 aliphatic heterocycles. The minimum absolute atomic E-state index is 0.0422. The van der Waals surface area contributed by atoms with Gasteiger partial charge in [0.15, 0.2) is 0 Å². The first-order valence-electron chi connectivity index (χ1n) is 25.4. The van der Waals surface area contributed by atoms with E-state index in [0.717, 1.165) is 45.3 Å². The monoisotopic (exact) mass is 945 g/mol. The molecule has 3 aromatic heterocycles. The molecule has 0 unspecified atom stereocenters. The fourth-order valence-electron chi connectivity index (χ4n) is 10.4. The topological polar surface area (TPSA) is 35.9 Å². The van der Waals surface area contributed by atoms with Gasteiger partial charge in [-0.1, -0.05) is 198 Å². The standard InChI is InChI=1S/C67H68N4O/c1-63(2,3)49-32-33-68-61(41-49)71-59-31-23-22-30-57(59)62-58(64(4,5)6)43-56(44-60(62)71)72-55-40-52(67(11,12)48-28-20-15-21-29-48)39-54(42-55)70-35-34-69(45-70)53-37-50(65(7,8)46-24-16-13-17-25-46)36-51(38-53)66(9,10)47-26-18-14-19-27-47/h13-44H,1-12H3. The minimum atomic E-state index is -0.357. The lowest BCUT2D eigenvalue weighted by molar-refractivity contribution is -0.599. The van der Waals surface area contributed by atoms with E-state index in [-0.39, 0.29) is 27.1 Å². The quantitative estimate of drug-likeness (QED) is 0.0957. The maximum absolute atomic E-state index is 7.24. The van der Waals surface area contributed by atoms with Gasteiger partial charge in [0.2, 0.25) is 0 Å². The second kappa shape index (κ2) is 18.0. The van der Waals surface area contributed by atoms with Gasteiger partial charge in [0.1, 0.15) is 17.3 Å². The van der Waals surface area contributed by atoms with Gasteiger partial charge in [0, 0.05) is 51.7 Å². The van der Waals surface area contributed by atoms with Crippen LogP contribution in [0.25, 0.3) is 39.0 Å². The first-order chi connectivity index (χ1) is 34.2. The zero-order valence-electron chi connectivity index (χ0n) is 44.2. The van der Waals surface area contributed by atoms with Gasteiger partial charge in [-0.15, -0.1) is 0 Å². The van der Waals surface area contributed by atoms with Gasteiger partial charge in [-0.05, 0) is 110 Å². The molecule has 5 heteroatoms. The number of para-hydroxylation sites is 1. The van der Waals surface area contributed by atoms with E-state index < -0.39 is 0 Å². The fourth-order valence-corrected chi connectivity index (χ4v) is 10.4. The molecule has 0 bridgehead atoms. The molecule has 10 rings (SSSR count). The van der Waals surface area contributed by atoms with E-state index in [4.69, 9.17) is 9.72 Å². The molecule has 0 saturated heterocycles. The maximum atomic E-state index is 7.24. The van der Waals surface area contributed by atoms with Crippen molar-refractivity contribution >= 4 is 21.8 Å². The molecule has 0 amide bonds. The van der Waals surface area contributed by atoms with E-state index >= 15 is 0 Å². The second-order valence-electron chi connectivity index (χ2n) is 23.3. The Balaban J connectivity index is 1.13. The van der Waals surface area contributed by atoms with Crippen LogP contribution in [0.4, 0.5) is 0 Å². The zero-order chi connectivity index (χ0) is 50.8. The molecule has 0 fully saturated rings. The SMILES string of the molecule is CC(C)(C)c1ccnc(-n2c3ccccc3c3c(C(C)(C)C)cc(Oc4cc(-n5[c-][n+](-c6cc(C(C)(C)c7ccccc7)cc(C(C)(C)c7ccccc7)c6)cc5)cc(C(C)(C)c5ccccc5)c4)cc32)c1. The lowest BCUT2D eigenvalue weighted by Crippen LogP contribution is -2.31. The number of rotatable bonds is 11. The van der Waals surface area contributed by atoms with Gasteiger partial charge in [-0.2, -0.15) is 0 Å². The van der Waals surface area contributed by atoms with E-state index in [1.807, 2.05) is 6.20 Å². The van der Waals surface area contributed by atoms with Crippen LogP contribution in [0.1, 0.15) is 128 Å². The first kappa shape index (κ1) is 48.1. The van der Waals surface area contributed by atoms with E-state index in [9.17, 15) is 0 Å². The lowest BCUT2D eigenvalue weighted by Gasteiger charge is -2.32. The van der Waals surface area contributed by atoms with Crippen molar-refractivity contribution in [2.45, 2.75) is 110 Å². The van der Waals surface area contributed by atoms with Crippen LogP contribution in [0, 0.1) is 6.33 Å². The summed E-state index contributed by atoms with van der Waals surface area (Å²) in [5.74, 6) is 2.40. The molecule has 0 aliphatic rings. The van der Waals surface area contributed by atoms with Crippen LogP contribution in [0.2, 0.25) is 0 Å². The number of fused-ring (bicyclic) bond motifs is 3. The Hall–Kier alpha value is -7.50. The van der Waals surface area contributed by atoms with Crippen molar-refractivity contribution < 1.29 is 9.30 Å². The van der Waals surface area contributed by atoms with Crippen molar-refractivity contribution in [2.24, 2.45) is 0 Å². The molecule has 0 atom stereocenters. The van der Waals surface area contributed by atoms with Gasteiger partial charge in [0.25, 0.3) is 6.33 Å². The summed E-state index contributed by atoms with van der Waals surface area (Å²) in [5, 5.41) is 2.41. The Morgan fingerprint density at radius 2 is 0.986 bits per heavy atom. The van der Waals surface area contributed by atoms with Crippen molar-refractivity contribution in [1.82, 2.24) is 14.1 Å². The van der Waals surface area contributed by atoms with Crippen molar-refractivity contribution in [1.29, 1.82) is 0 Å². The first-order valence-corrected chi connectivity index (χ1v) is 25.4. The van der Waals surface area contributed by atoms with Crippen molar-refractivity contribution in [3.05, 3.63) is 245 Å². The summed E-state index contributed by atoms with van der Waals surface area (Å²) in [6, 6.07) is 63.7. The predicted molar refractivity (Wildman–Crippen MR) is 298 cm³/mol. The summed E-state index contributed by atoms with van der Waals surface area (Å²) in [7, 11) is 0. The average Bonchev–Trinajstić information content (AvgIpc) is 4.00.